The third-order valence-corrected chi connectivity index (χ3v) is 6.39. The largest absolute Gasteiger partial charge is 0.347 e. The Balaban J connectivity index is 2.11. The van der Waals surface area contributed by atoms with Gasteiger partial charge in [0, 0.05) is 6.54 Å². The smallest absolute Gasteiger partial charge is 0.308 e. The van der Waals surface area contributed by atoms with Gasteiger partial charge in [-0.1, -0.05) is 42.5 Å². The molecular weight excluding hydrogens is 297 g/mol. The second-order valence-corrected chi connectivity index (χ2v) is 7.76. The second kappa shape index (κ2) is 8.07. The van der Waals surface area contributed by atoms with E-state index in [4.69, 9.17) is 9.05 Å². The number of hydrogen-bond donors (Lipinski definition) is 1. The van der Waals surface area contributed by atoms with Gasteiger partial charge in [0.05, 0.1) is 13.2 Å². The average Bonchev–Trinajstić information content (AvgIpc) is 2.47. The van der Waals surface area contributed by atoms with Crippen LogP contribution in [0.15, 0.2) is 42.5 Å². The van der Waals surface area contributed by atoms with E-state index in [9.17, 15) is 4.57 Å². The molecule has 1 fully saturated rings. The van der Waals surface area contributed by atoms with Crippen LogP contribution in [-0.2, 0) is 20.2 Å². The van der Waals surface area contributed by atoms with Crippen LogP contribution in [-0.4, -0.2) is 19.0 Å². The number of nitrogens with one attached hydrogen (secondary N) is 1. The molecule has 0 bridgehead atoms. The van der Waals surface area contributed by atoms with Crippen molar-refractivity contribution in [1.82, 2.24) is 5.32 Å². The van der Waals surface area contributed by atoms with Crippen LogP contribution in [0.4, 0.5) is 0 Å². The maximum atomic E-state index is 13.1. The molecule has 1 aromatic carbocycles. The van der Waals surface area contributed by atoms with Crippen molar-refractivity contribution in [3.63, 3.8) is 0 Å². The summed E-state index contributed by atoms with van der Waals surface area (Å²) in [6.45, 7) is 9.10. The molecule has 0 saturated heterocycles. The Morgan fingerprint density at radius 1 is 1.23 bits per heavy atom. The van der Waals surface area contributed by atoms with Crippen LogP contribution in [0.5, 0.6) is 0 Å². The zero-order chi connectivity index (χ0) is 16.0. The van der Waals surface area contributed by atoms with Crippen LogP contribution in [0.25, 0.3) is 0 Å². The summed E-state index contributed by atoms with van der Waals surface area (Å²) >= 11 is 0. The first-order chi connectivity index (χ1) is 10.6. The highest BCUT2D eigenvalue weighted by Crippen LogP contribution is 2.58. The molecule has 1 aliphatic rings. The maximum absolute atomic E-state index is 13.1. The van der Waals surface area contributed by atoms with E-state index in [1.807, 2.05) is 32.0 Å². The summed E-state index contributed by atoms with van der Waals surface area (Å²) < 4.78 is 24.2. The van der Waals surface area contributed by atoms with Crippen LogP contribution in [0, 0.1) is 5.92 Å². The highest BCUT2D eigenvalue weighted by atomic mass is 31.2. The topological polar surface area (TPSA) is 47.6 Å². The SMILES string of the molecule is C=C1CC(C(NCc2ccccc2)P(=O)(OCC)OCC)C1. The van der Waals surface area contributed by atoms with Crippen LogP contribution in [0.3, 0.4) is 0 Å². The lowest BCUT2D eigenvalue weighted by atomic mass is 9.81. The zero-order valence-electron chi connectivity index (χ0n) is 13.5. The Hall–Kier alpha value is -0.930. The minimum atomic E-state index is -3.17. The summed E-state index contributed by atoms with van der Waals surface area (Å²) in [5.41, 5.74) is 2.36. The Morgan fingerprint density at radius 2 is 1.82 bits per heavy atom. The monoisotopic (exact) mass is 323 g/mol. The first kappa shape index (κ1) is 17.4. The molecule has 0 radical (unpaired) electrons. The predicted octanol–water partition coefficient (Wildman–Crippen LogP) is 4.33. The van der Waals surface area contributed by atoms with Gasteiger partial charge in [0.25, 0.3) is 0 Å². The Labute approximate surface area is 133 Å². The quantitative estimate of drug-likeness (QED) is 0.542. The van der Waals surface area contributed by atoms with E-state index in [-0.39, 0.29) is 11.7 Å². The van der Waals surface area contributed by atoms with E-state index in [1.54, 1.807) is 0 Å². The molecule has 1 unspecified atom stereocenters. The van der Waals surface area contributed by atoms with Crippen LogP contribution < -0.4 is 5.32 Å². The number of rotatable bonds is 9. The molecule has 1 aliphatic carbocycles. The molecule has 0 aliphatic heterocycles. The van der Waals surface area contributed by atoms with Gasteiger partial charge < -0.3 is 9.05 Å². The third-order valence-electron chi connectivity index (χ3n) is 3.87. The minimum Gasteiger partial charge on any atom is -0.308 e. The van der Waals surface area contributed by atoms with E-state index in [0.29, 0.717) is 19.8 Å². The Kier molecular flexibility index (Phi) is 6.39. The van der Waals surface area contributed by atoms with Crippen molar-refractivity contribution in [3.8, 4) is 0 Å². The molecule has 0 spiro atoms. The maximum Gasteiger partial charge on any atom is 0.347 e. The standard InChI is InChI=1S/C17H26NO3P/c1-4-20-22(19,21-5-2)17(16-11-14(3)12-16)18-13-15-9-7-6-8-10-15/h6-10,16-18H,3-5,11-13H2,1-2H3. The average molecular weight is 323 g/mol. The molecule has 1 saturated carbocycles. The fourth-order valence-electron chi connectivity index (χ4n) is 2.82. The van der Waals surface area contributed by atoms with E-state index in [2.05, 4.69) is 24.0 Å². The lowest BCUT2D eigenvalue weighted by Crippen LogP contribution is -2.40. The molecule has 1 aromatic rings. The van der Waals surface area contributed by atoms with Crippen LogP contribution >= 0.6 is 7.60 Å². The summed E-state index contributed by atoms with van der Waals surface area (Å²) in [6.07, 6.45) is 1.77. The first-order valence-electron chi connectivity index (χ1n) is 7.91. The van der Waals surface area contributed by atoms with E-state index in [1.165, 1.54) is 5.57 Å². The minimum absolute atomic E-state index is 0.264. The Morgan fingerprint density at radius 3 is 2.32 bits per heavy atom. The second-order valence-electron chi connectivity index (χ2n) is 5.61. The lowest BCUT2D eigenvalue weighted by Gasteiger charge is -2.39. The fraction of sp³-hybridized carbons (Fsp3) is 0.529. The molecule has 2 rings (SSSR count). The Bertz CT molecular complexity index is 514. The van der Waals surface area contributed by atoms with Crippen LogP contribution in [0.2, 0.25) is 0 Å². The number of hydrogen-bond acceptors (Lipinski definition) is 4. The van der Waals surface area contributed by atoms with Gasteiger partial charge in [0.1, 0.15) is 5.78 Å². The molecule has 22 heavy (non-hydrogen) atoms. The summed E-state index contributed by atoms with van der Waals surface area (Å²) in [7, 11) is -3.17. The van der Waals surface area contributed by atoms with Crippen molar-refractivity contribution in [1.29, 1.82) is 0 Å². The zero-order valence-corrected chi connectivity index (χ0v) is 14.4. The van der Waals surface area contributed by atoms with Gasteiger partial charge in [-0.05, 0) is 38.2 Å². The summed E-state index contributed by atoms with van der Waals surface area (Å²) in [5, 5.41) is 3.41. The van der Waals surface area contributed by atoms with Gasteiger partial charge >= 0.3 is 7.60 Å². The van der Waals surface area contributed by atoms with Crippen molar-refractivity contribution in [2.24, 2.45) is 5.92 Å². The highest BCUT2D eigenvalue weighted by molar-refractivity contribution is 7.54. The normalized spacial score (nSPS) is 17.3. The van der Waals surface area contributed by atoms with Crippen molar-refractivity contribution in [2.75, 3.05) is 13.2 Å². The molecule has 5 heteroatoms. The van der Waals surface area contributed by atoms with Crippen molar-refractivity contribution >= 4 is 7.60 Å². The molecule has 122 valence electrons. The molecule has 0 heterocycles. The molecule has 0 amide bonds. The van der Waals surface area contributed by atoms with Gasteiger partial charge in [-0.25, -0.2) is 0 Å². The summed E-state index contributed by atoms with van der Waals surface area (Å²) in [5.74, 6) is -0.0155. The lowest BCUT2D eigenvalue weighted by molar-refractivity contribution is 0.188. The number of benzene rings is 1. The summed E-state index contributed by atoms with van der Waals surface area (Å²) in [6, 6.07) is 10.1. The van der Waals surface area contributed by atoms with Gasteiger partial charge in [0.2, 0.25) is 0 Å². The van der Waals surface area contributed by atoms with Crippen LogP contribution in [0.1, 0.15) is 32.3 Å². The molecular formula is C17H26NO3P. The highest BCUT2D eigenvalue weighted by Gasteiger charge is 2.44. The fourth-order valence-corrected chi connectivity index (χ4v) is 4.98. The van der Waals surface area contributed by atoms with Crippen molar-refractivity contribution in [2.45, 2.75) is 39.0 Å². The van der Waals surface area contributed by atoms with E-state index >= 15 is 0 Å². The van der Waals surface area contributed by atoms with Gasteiger partial charge in [-0.2, -0.15) is 0 Å². The molecule has 0 aromatic heterocycles. The molecule has 1 N–H and O–H groups in total. The molecule has 1 atom stereocenters. The van der Waals surface area contributed by atoms with Gasteiger partial charge in [-0.15, -0.1) is 0 Å². The van der Waals surface area contributed by atoms with Gasteiger partial charge in [0.15, 0.2) is 0 Å². The third kappa shape index (κ3) is 4.30. The van der Waals surface area contributed by atoms with Gasteiger partial charge in [-0.3, -0.25) is 9.88 Å². The van der Waals surface area contributed by atoms with Crippen molar-refractivity contribution < 1.29 is 13.6 Å². The van der Waals surface area contributed by atoms with Crippen molar-refractivity contribution in [3.05, 3.63) is 48.0 Å². The number of allylic oxidation sites excluding steroid dienone is 1. The summed E-state index contributed by atoms with van der Waals surface area (Å²) in [4.78, 5) is 0. The molecule has 4 nitrogen and oxygen atoms in total. The van der Waals surface area contributed by atoms with E-state index < -0.39 is 7.60 Å². The first-order valence-corrected chi connectivity index (χ1v) is 9.53. The predicted molar refractivity (Wildman–Crippen MR) is 89.8 cm³/mol. The van der Waals surface area contributed by atoms with E-state index in [0.717, 1.165) is 18.4 Å².